The van der Waals surface area contributed by atoms with E-state index in [0.29, 0.717) is 12.3 Å². The number of rotatable bonds is 1. The predicted octanol–water partition coefficient (Wildman–Crippen LogP) is -0.970. The summed E-state index contributed by atoms with van der Waals surface area (Å²) in [5, 5.41) is 21.2. The highest BCUT2D eigenvalue weighted by Gasteiger charge is 2.66. The van der Waals surface area contributed by atoms with E-state index in [1.165, 1.54) is 5.57 Å². The third kappa shape index (κ3) is 1.58. The Kier molecular flexibility index (Phi) is 3.09. The summed E-state index contributed by atoms with van der Waals surface area (Å²) >= 11 is 0. The minimum Gasteiger partial charge on any atom is -1.00 e. The minimum absolute atomic E-state index is 0. The van der Waals surface area contributed by atoms with Crippen molar-refractivity contribution in [1.82, 2.24) is 0 Å². The molecule has 6 heteroatoms. The number of hydroxylamine groups is 3. The van der Waals surface area contributed by atoms with Crippen LogP contribution < -0.4 is 17.1 Å². The van der Waals surface area contributed by atoms with Crippen LogP contribution in [0.1, 0.15) is 17.5 Å². The maximum absolute atomic E-state index is 10.9. The van der Waals surface area contributed by atoms with Crippen LogP contribution in [0.5, 0.6) is 11.5 Å². The van der Waals surface area contributed by atoms with Crippen molar-refractivity contribution in [3.8, 4) is 11.5 Å². The zero-order valence-corrected chi connectivity index (χ0v) is 14.4. The van der Waals surface area contributed by atoms with Crippen LogP contribution in [-0.2, 0) is 16.6 Å². The quantitative estimate of drug-likeness (QED) is 0.641. The Labute approximate surface area is 146 Å². The van der Waals surface area contributed by atoms with E-state index in [-0.39, 0.29) is 40.4 Å². The largest absolute Gasteiger partial charge is 1.00 e. The van der Waals surface area contributed by atoms with E-state index in [1.54, 1.807) is 13.2 Å². The van der Waals surface area contributed by atoms with Gasteiger partial charge in [-0.3, -0.25) is 0 Å². The third-order valence-corrected chi connectivity index (χ3v) is 6.19. The third-order valence-electron chi connectivity index (χ3n) is 6.19. The summed E-state index contributed by atoms with van der Waals surface area (Å²) in [6.07, 6.45) is 5.33. The highest BCUT2D eigenvalue weighted by atomic mass is 35.5. The van der Waals surface area contributed by atoms with Crippen LogP contribution in [-0.4, -0.2) is 47.8 Å². The van der Waals surface area contributed by atoms with Crippen LogP contribution in [0.25, 0.3) is 0 Å². The van der Waals surface area contributed by atoms with Crippen molar-refractivity contribution in [3.63, 3.8) is 0 Å². The molecule has 4 atom stereocenters. The summed E-state index contributed by atoms with van der Waals surface area (Å²) in [5.41, 5.74) is 3.16. The molecule has 0 radical (unpaired) electrons. The second-order valence-electron chi connectivity index (χ2n) is 7.22. The number of halogens is 1. The molecule has 1 aromatic carbocycles. The lowest BCUT2D eigenvalue weighted by atomic mass is 9.57. The fourth-order valence-corrected chi connectivity index (χ4v) is 5.10. The van der Waals surface area contributed by atoms with E-state index < -0.39 is 0 Å². The Morgan fingerprint density at radius 1 is 1.33 bits per heavy atom. The molecule has 2 N–H and O–H groups in total. The van der Waals surface area contributed by atoms with Crippen LogP contribution in [0.15, 0.2) is 35.6 Å². The number of aromatic hydroxyl groups is 1. The molecule has 1 unspecified atom stereocenters. The zero-order valence-electron chi connectivity index (χ0n) is 13.6. The van der Waals surface area contributed by atoms with E-state index in [2.05, 4.69) is 6.08 Å². The van der Waals surface area contributed by atoms with Crippen molar-refractivity contribution in [2.45, 2.75) is 30.4 Å². The van der Waals surface area contributed by atoms with Gasteiger partial charge in [-0.2, -0.15) is 4.65 Å². The van der Waals surface area contributed by atoms with Crippen LogP contribution in [0.3, 0.4) is 0 Å². The maximum Gasteiger partial charge on any atom is 0.169 e. The lowest BCUT2D eigenvalue weighted by Crippen LogP contribution is -3.00. The van der Waals surface area contributed by atoms with Crippen molar-refractivity contribution < 1.29 is 36.8 Å². The number of phenols is 1. The molecule has 5 rings (SSSR count). The van der Waals surface area contributed by atoms with Crippen LogP contribution >= 0.6 is 0 Å². The molecule has 2 bridgehead atoms. The van der Waals surface area contributed by atoms with E-state index >= 15 is 0 Å². The van der Waals surface area contributed by atoms with Crippen LogP contribution in [0.4, 0.5) is 0 Å². The first-order valence-corrected chi connectivity index (χ1v) is 8.05. The van der Waals surface area contributed by atoms with Gasteiger partial charge in [0.1, 0.15) is 18.3 Å². The second kappa shape index (κ2) is 4.69. The molecule has 0 amide bonds. The molecule has 128 valence electrons. The molecule has 0 aromatic heterocycles. The first kappa shape index (κ1) is 15.8. The van der Waals surface area contributed by atoms with Crippen molar-refractivity contribution in [1.29, 1.82) is 0 Å². The molecular weight excluding hydrogens is 330 g/mol. The average Bonchev–Trinajstić information content (AvgIpc) is 2.88. The molecule has 1 fully saturated rings. The van der Waals surface area contributed by atoms with Gasteiger partial charge in [0.05, 0.1) is 19.6 Å². The number of nitrogens with zero attached hydrogens (tertiary/aromatic N) is 1. The Morgan fingerprint density at radius 2 is 2.12 bits per heavy atom. The maximum atomic E-state index is 10.9. The molecule has 24 heavy (non-hydrogen) atoms. The van der Waals surface area contributed by atoms with E-state index in [1.807, 2.05) is 19.2 Å². The molecule has 1 saturated heterocycles. The number of benzene rings is 1. The lowest BCUT2D eigenvalue weighted by molar-refractivity contribution is -1.11. The fourth-order valence-electron chi connectivity index (χ4n) is 5.10. The standard InChI is InChI=1S/C18H19NO4.ClH/c1-19(21)8-7-18-11-4-6-14(22-2)17(18)23-16-13(20)5-3-10(15(16)18)9-12(11)19;/h3-6,12,17,21H,7-9H2,1-2H3;1H/t12-,17+,18+,19?;/m1./s1. The first-order valence-electron chi connectivity index (χ1n) is 8.05. The van der Waals surface area contributed by atoms with Crippen molar-refractivity contribution in [3.05, 3.63) is 46.7 Å². The molecule has 1 spiro atoms. The first-order chi connectivity index (χ1) is 11.0. The summed E-state index contributed by atoms with van der Waals surface area (Å²) < 4.78 is 11.8. The van der Waals surface area contributed by atoms with E-state index in [0.717, 1.165) is 29.7 Å². The van der Waals surface area contributed by atoms with Gasteiger partial charge in [-0.1, -0.05) is 12.1 Å². The molecule has 1 aromatic rings. The number of ether oxygens (including phenoxy) is 2. The predicted molar refractivity (Wildman–Crippen MR) is 82.3 cm³/mol. The summed E-state index contributed by atoms with van der Waals surface area (Å²) in [4.78, 5) is 0. The van der Waals surface area contributed by atoms with Gasteiger partial charge in [-0.25, -0.2) is 5.21 Å². The number of methoxy groups -OCH3 is 1. The summed E-state index contributed by atoms with van der Waals surface area (Å²) in [5.74, 6) is 1.56. The zero-order chi connectivity index (χ0) is 16.0. The number of hydrogen-bond acceptors (Lipinski definition) is 4. The van der Waals surface area contributed by atoms with Gasteiger partial charge in [-0.05, 0) is 17.7 Å². The molecular formula is C18H20ClNO4. The monoisotopic (exact) mass is 349 g/mol. The normalized spacial score (nSPS) is 37.5. The van der Waals surface area contributed by atoms with Crippen LogP contribution in [0, 0.1) is 0 Å². The molecule has 0 saturated carbocycles. The lowest BCUT2D eigenvalue weighted by Gasteiger charge is -2.53. The summed E-state index contributed by atoms with van der Waals surface area (Å²) in [6.45, 7) is 0.660. The molecule has 5 nitrogen and oxygen atoms in total. The number of likely N-dealkylation sites (tertiary alicyclic amines) is 1. The van der Waals surface area contributed by atoms with Crippen molar-refractivity contribution in [2.75, 3.05) is 20.7 Å². The summed E-state index contributed by atoms with van der Waals surface area (Å²) in [6, 6.07) is 3.69. The van der Waals surface area contributed by atoms with Crippen LogP contribution in [0.2, 0.25) is 0 Å². The van der Waals surface area contributed by atoms with E-state index in [9.17, 15) is 10.3 Å². The topological polar surface area (TPSA) is 58.9 Å². The highest BCUT2D eigenvalue weighted by Crippen LogP contribution is 2.63. The Morgan fingerprint density at radius 3 is 2.88 bits per heavy atom. The fraction of sp³-hybridized carbons (Fsp3) is 0.444. The molecule has 4 aliphatic rings. The number of hydrogen-bond donors (Lipinski definition) is 2. The average molecular weight is 350 g/mol. The molecule has 2 aliphatic heterocycles. The van der Waals surface area contributed by atoms with Gasteiger partial charge in [0, 0.05) is 24.0 Å². The summed E-state index contributed by atoms with van der Waals surface area (Å²) in [7, 11) is 3.54. The van der Waals surface area contributed by atoms with Gasteiger partial charge in [0.2, 0.25) is 0 Å². The molecule has 2 aliphatic carbocycles. The van der Waals surface area contributed by atoms with Gasteiger partial charge in [0.15, 0.2) is 17.6 Å². The minimum atomic E-state index is -0.313. The highest BCUT2D eigenvalue weighted by molar-refractivity contribution is 5.66. The SMILES string of the molecule is COC1=CC=C2[C@H]3Cc4ccc(O)c5c4[C@@]2(CC[N+]3(C)O)[C@H]1O5.[Cl-]. The van der Waals surface area contributed by atoms with Gasteiger partial charge in [-0.15, -0.1) is 0 Å². The Hall–Kier alpha value is -1.69. The number of piperidine rings is 1. The number of quaternary nitrogens is 1. The Balaban J connectivity index is 0.00000146. The number of allylic oxidation sites excluding steroid dienone is 2. The number of phenolic OH excluding ortho intramolecular Hbond substituents is 1. The van der Waals surface area contributed by atoms with Crippen molar-refractivity contribution >= 4 is 0 Å². The van der Waals surface area contributed by atoms with Gasteiger partial charge >= 0.3 is 0 Å². The van der Waals surface area contributed by atoms with Gasteiger partial charge in [0.25, 0.3) is 0 Å². The number of likely N-dealkylation sites (N-methyl/N-ethyl adjacent to an activating group) is 1. The van der Waals surface area contributed by atoms with E-state index in [4.69, 9.17) is 9.47 Å². The molecule has 2 heterocycles. The van der Waals surface area contributed by atoms with Crippen molar-refractivity contribution in [2.24, 2.45) is 0 Å². The van der Waals surface area contributed by atoms with Gasteiger partial charge < -0.3 is 27.0 Å². The second-order valence-corrected chi connectivity index (χ2v) is 7.22. The Bertz CT molecular complexity index is 800. The smallest absolute Gasteiger partial charge is 0.169 e.